The van der Waals surface area contributed by atoms with E-state index in [2.05, 4.69) is 10.6 Å². The van der Waals surface area contributed by atoms with Gasteiger partial charge in [-0.1, -0.05) is 23.8 Å². The van der Waals surface area contributed by atoms with Gasteiger partial charge in [0.1, 0.15) is 0 Å². The van der Waals surface area contributed by atoms with Crippen molar-refractivity contribution in [2.45, 2.75) is 26.7 Å². The van der Waals surface area contributed by atoms with Crippen molar-refractivity contribution < 1.29 is 9.59 Å². The number of nitrogens with two attached hydrogens (primary N) is 1. The van der Waals surface area contributed by atoms with E-state index in [1.807, 2.05) is 55.1 Å². The molecule has 144 valence electrons. The van der Waals surface area contributed by atoms with Crippen molar-refractivity contribution in [3.63, 3.8) is 0 Å². The van der Waals surface area contributed by atoms with Crippen LogP contribution in [0.15, 0.2) is 36.4 Å². The number of carbonyl (C=O) groups is 2. The Hall–Kier alpha value is -2.73. The van der Waals surface area contributed by atoms with Crippen molar-refractivity contribution in [1.29, 1.82) is 0 Å². The predicted octanol–water partition coefficient (Wildman–Crippen LogP) is 3.41. The highest BCUT2D eigenvalue weighted by atomic mass is 35.5. The number of hydrogen-bond donors (Lipinski definition) is 3. The fourth-order valence-electron chi connectivity index (χ4n) is 3.34. The van der Waals surface area contributed by atoms with Crippen LogP contribution in [0.3, 0.4) is 0 Å². The first-order valence-electron chi connectivity index (χ1n) is 8.74. The first-order chi connectivity index (χ1) is 12.4. The van der Waals surface area contributed by atoms with Gasteiger partial charge in [-0.2, -0.15) is 0 Å². The number of anilines is 3. The molecule has 0 atom stereocenters. The zero-order valence-electron chi connectivity index (χ0n) is 15.5. The average molecular weight is 389 g/mol. The monoisotopic (exact) mass is 388 g/mol. The molecule has 1 aliphatic heterocycles. The molecule has 0 saturated heterocycles. The number of fused-ring (bicyclic) bond motifs is 1. The largest absolute Gasteiger partial charge is 0.398 e. The number of imide groups is 1. The normalized spacial score (nSPS) is 12.6. The summed E-state index contributed by atoms with van der Waals surface area (Å²) in [4.78, 5) is 26.4. The number of amides is 3. The van der Waals surface area contributed by atoms with E-state index in [0.717, 1.165) is 47.5 Å². The zero-order valence-corrected chi connectivity index (χ0v) is 16.4. The van der Waals surface area contributed by atoms with Gasteiger partial charge >= 0.3 is 6.03 Å². The van der Waals surface area contributed by atoms with Gasteiger partial charge in [0.05, 0.1) is 6.54 Å². The number of hydrogen-bond acceptors (Lipinski definition) is 4. The molecule has 0 unspecified atom stereocenters. The molecule has 4 N–H and O–H groups in total. The fraction of sp³-hybridized carbons (Fsp3) is 0.300. The van der Waals surface area contributed by atoms with Gasteiger partial charge in [0, 0.05) is 23.6 Å². The molecule has 0 saturated carbocycles. The highest BCUT2D eigenvalue weighted by molar-refractivity contribution is 6.02. The van der Waals surface area contributed by atoms with Crippen LogP contribution in [0.1, 0.15) is 23.1 Å². The van der Waals surface area contributed by atoms with E-state index < -0.39 is 6.03 Å². The third kappa shape index (κ3) is 4.92. The molecule has 2 aromatic carbocycles. The number of urea groups is 1. The Balaban J connectivity index is 0.00000261. The summed E-state index contributed by atoms with van der Waals surface area (Å²) < 4.78 is 0. The van der Waals surface area contributed by atoms with Crippen molar-refractivity contribution in [3.8, 4) is 0 Å². The van der Waals surface area contributed by atoms with E-state index in [1.54, 1.807) is 0 Å². The quantitative estimate of drug-likeness (QED) is 0.703. The predicted molar refractivity (Wildman–Crippen MR) is 112 cm³/mol. The van der Waals surface area contributed by atoms with Gasteiger partial charge < -0.3 is 16.0 Å². The Bertz CT molecular complexity index is 854. The van der Waals surface area contributed by atoms with E-state index in [9.17, 15) is 9.59 Å². The van der Waals surface area contributed by atoms with Crippen molar-refractivity contribution >= 4 is 41.4 Å². The molecule has 6 nitrogen and oxygen atoms in total. The number of aryl methyl sites for hydroxylation is 2. The summed E-state index contributed by atoms with van der Waals surface area (Å²) in [6.07, 6.45) is 1.84. The van der Waals surface area contributed by atoms with Crippen molar-refractivity contribution in [1.82, 2.24) is 5.32 Å². The summed E-state index contributed by atoms with van der Waals surface area (Å²) in [5.41, 5.74) is 11.6. The summed E-state index contributed by atoms with van der Waals surface area (Å²) >= 11 is 0. The molecule has 0 aliphatic carbocycles. The van der Waals surface area contributed by atoms with E-state index in [4.69, 9.17) is 5.73 Å². The molecule has 3 amide bonds. The highest BCUT2D eigenvalue weighted by Crippen LogP contribution is 2.30. The van der Waals surface area contributed by atoms with Crippen molar-refractivity contribution in [3.05, 3.63) is 53.1 Å². The van der Waals surface area contributed by atoms with Gasteiger partial charge in [0.25, 0.3) is 0 Å². The minimum atomic E-state index is -0.522. The minimum Gasteiger partial charge on any atom is -0.398 e. The number of nitrogens with one attached hydrogen (secondary N) is 2. The lowest BCUT2D eigenvalue weighted by Gasteiger charge is -2.31. The number of benzene rings is 2. The molecule has 7 heteroatoms. The van der Waals surface area contributed by atoms with Crippen LogP contribution < -0.4 is 21.3 Å². The molecule has 27 heavy (non-hydrogen) atoms. The highest BCUT2D eigenvalue weighted by Gasteiger charge is 2.21. The maximum Gasteiger partial charge on any atom is 0.325 e. The Labute approximate surface area is 165 Å². The van der Waals surface area contributed by atoms with Crippen LogP contribution in [0.4, 0.5) is 21.9 Å². The first kappa shape index (κ1) is 20.6. The SMILES string of the molecule is Cc1ccc(NC(=O)NC(=O)CN2CCCc3c(N)cccc32)c(C)c1.Cl. The number of halogens is 1. The maximum absolute atomic E-state index is 12.3. The topological polar surface area (TPSA) is 87.5 Å². The summed E-state index contributed by atoms with van der Waals surface area (Å²) in [6, 6.07) is 10.9. The van der Waals surface area contributed by atoms with Crippen LogP contribution in [0.2, 0.25) is 0 Å². The molecule has 0 spiro atoms. The molecule has 3 rings (SSSR count). The van der Waals surface area contributed by atoms with Gasteiger partial charge in [0.15, 0.2) is 0 Å². The van der Waals surface area contributed by atoms with Gasteiger partial charge in [-0.3, -0.25) is 10.1 Å². The van der Waals surface area contributed by atoms with Gasteiger partial charge in [-0.15, -0.1) is 12.4 Å². The van der Waals surface area contributed by atoms with Crippen molar-refractivity contribution in [2.24, 2.45) is 0 Å². The molecule has 1 heterocycles. The van der Waals surface area contributed by atoms with Crippen LogP contribution in [-0.2, 0) is 11.2 Å². The lowest BCUT2D eigenvalue weighted by Crippen LogP contribution is -2.43. The number of carbonyl (C=O) groups excluding carboxylic acids is 2. The fourth-order valence-corrected chi connectivity index (χ4v) is 3.34. The Kier molecular flexibility index (Phi) is 6.69. The second kappa shape index (κ2) is 8.77. The lowest BCUT2D eigenvalue weighted by molar-refractivity contribution is -0.118. The lowest BCUT2D eigenvalue weighted by atomic mass is 10.00. The van der Waals surface area contributed by atoms with E-state index in [-0.39, 0.29) is 24.9 Å². The number of nitrogen functional groups attached to an aromatic ring is 1. The molecule has 0 fully saturated rings. The summed E-state index contributed by atoms with van der Waals surface area (Å²) in [5, 5.41) is 5.13. The second-order valence-electron chi connectivity index (χ2n) is 6.69. The van der Waals surface area contributed by atoms with E-state index >= 15 is 0 Å². The Morgan fingerprint density at radius 3 is 2.70 bits per heavy atom. The van der Waals surface area contributed by atoms with E-state index in [1.165, 1.54) is 0 Å². The maximum atomic E-state index is 12.3. The smallest absolute Gasteiger partial charge is 0.325 e. The van der Waals surface area contributed by atoms with Gasteiger partial charge in [0.2, 0.25) is 5.91 Å². The Morgan fingerprint density at radius 2 is 1.96 bits per heavy atom. The van der Waals surface area contributed by atoms with Crippen LogP contribution in [-0.4, -0.2) is 25.0 Å². The van der Waals surface area contributed by atoms with Crippen LogP contribution in [0.5, 0.6) is 0 Å². The minimum absolute atomic E-state index is 0. The first-order valence-corrected chi connectivity index (χ1v) is 8.74. The molecule has 0 aromatic heterocycles. The third-order valence-electron chi connectivity index (χ3n) is 4.60. The summed E-state index contributed by atoms with van der Waals surface area (Å²) in [7, 11) is 0. The second-order valence-corrected chi connectivity index (χ2v) is 6.69. The van der Waals surface area contributed by atoms with E-state index in [0.29, 0.717) is 5.69 Å². The van der Waals surface area contributed by atoms with Gasteiger partial charge in [-0.05, 0) is 56.0 Å². The average Bonchev–Trinajstić information content (AvgIpc) is 2.58. The number of nitrogens with zero attached hydrogens (tertiary/aromatic N) is 1. The summed E-state index contributed by atoms with van der Waals surface area (Å²) in [6.45, 7) is 4.79. The summed E-state index contributed by atoms with van der Waals surface area (Å²) in [5.74, 6) is -0.345. The van der Waals surface area contributed by atoms with Gasteiger partial charge in [-0.25, -0.2) is 4.79 Å². The molecular weight excluding hydrogens is 364 g/mol. The van der Waals surface area contributed by atoms with Crippen LogP contribution in [0, 0.1) is 13.8 Å². The number of rotatable bonds is 3. The molecule has 0 bridgehead atoms. The third-order valence-corrected chi connectivity index (χ3v) is 4.60. The standard InChI is InChI=1S/C20H24N4O2.ClH/c1-13-8-9-17(14(2)11-13)22-20(26)23-19(25)12-24-10-4-5-15-16(21)6-3-7-18(15)24;/h3,6-9,11H,4-5,10,12,21H2,1-2H3,(H2,22,23,25,26);1H. The molecule has 0 radical (unpaired) electrons. The molecule has 1 aliphatic rings. The van der Waals surface area contributed by atoms with Crippen LogP contribution in [0.25, 0.3) is 0 Å². The molecule has 2 aromatic rings. The Morgan fingerprint density at radius 1 is 1.19 bits per heavy atom. The van der Waals surface area contributed by atoms with Crippen LogP contribution >= 0.6 is 12.4 Å². The van der Waals surface area contributed by atoms with Crippen molar-refractivity contribution in [2.75, 3.05) is 29.0 Å². The zero-order chi connectivity index (χ0) is 18.7. The molecular formula is C20H25ClN4O2.